The zero-order chi connectivity index (χ0) is 26.5. The summed E-state index contributed by atoms with van der Waals surface area (Å²) >= 11 is 7.02. The summed E-state index contributed by atoms with van der Waals surface area (Å²) in [6.45, 7) is 3.86. The standard InChI is InChI=1S/C27H29Br2N3O5/c1-4-36-23-12-18(21(29)14-24(23)37-16(2)27(34)35-3)15-30-32-25(17-8-6-5-7-9-17)31-22-11-10-19(28)13-20(22)26(32)33/h10-17H,4-9H2,1-3H3/t16-/m0/s1. The average molecular weight is 635 g/mol. The first-order valence-corrected chi connectivity index (χ1v) is 13.9. The van der Waals surface area contributed by atoms with Crippen LogP contribution in [0.1, 0.15) is 63.3 Å². The fourth-order valence-corrected chi connectivity index (χ4v) is 5.22. The van der Waals surface area contributed by atoms with Gasteiger partial charge < -0.3 is 14.2 Å². The third kappa shape index (κ3) is 6.23. The van der Waals surface area contributed by atoms with Gasteiger partial charge in [0.05, 0.1) is 30.8 Å². The van der Waals surface area contributed by atoms with Crippen LogP contribution in [0.2, 0.25) is 0 Å². The Hall–Kier alpha value is -2.72. The number of hydrogen-bond donors (Lipinski definition) is 0. The summed E-state index contributed by atoms with van der Waals surface area (Å²) in [7, 11) is 1.31. The molecule has 1 aliphatic carbocycles. The summed E-state index contributed by atoms with van der Waals surface area (Å²) in [6, 6.07) is 9.00. The van der Waals surface area contributed by atoms with Gasteiger partial charge in [-0.2, -0.15) is 9.78 Å². The number of esters is 1. The number of nitrogens with zero attached hydrogens (tertiary/aromatic N) is 3. The lowest BCUT2D eigenvalue weighted by Crippen LogP contribution is -2.25. The summed E-state index contributed by atoms with van der Waals surface area (Å²) in [5.41, 5.74) is 1.13. The molecule has 0 saturated heterocycles. The summed E-state index contributed by atoms with van der Waals surface area (Å²) in [5, 5.41) is 5.13. The number of aromatic nitrogens is 2. The minimum atomic E-state index is -0.810. The van der Waals surface area contributed by atoms with Gasteiger partial charge in [-0.25, -0.2) is 9.78 Å². The van der Waals surface area contributed by atoms with Crippen LogP contribution in [0.3, 0.4) is 0 Å². The molecule has 3 aromatic rings. The molecule has 1 aliphatic rings. The summed E-state index contributed by atoms with van der Waals surface area (Å²) < 4.78 is 19.2. The summed E-state index contributed by atoms with van der Waals surface area (Å²) in [5.74, 6) is 1.20. The van der Waals surface area contributed by atoms with E-state index in [-0.39, 0.29) is 11.5 Å². The second-order valence-electron chi connectivity index (χ2n) is 8.86. The first kappa shape index (κ1) is 27.3. The molecule has 4 rings (SSSR count). The molecule has 0 radical (unpaired) electrons. The van der Waals surface area contributed by atoms with E-state index in [1.165, 1.54) is 18.2 Å². The van der Waals surface area contributed by atoms with Crippen LogP contribution in [0.4, 0.5) is 0 Å². The van der Waals surface area contributed by atoms with Crippen molar-refractivity contribution in [1.82, 2.24) is 9.66 Å². The third-order valence-corrected chi connectivity index (χ3v) is 7.50. The van der Waals surface area contributed by atoms with Crippen molar-refractivity contribution in [2.45, 2.75) is 58.0 Å². The van der Waals surface area contributed by atoms with E-state index in [2.05, 4.69) is 37.0 Å². The van der Waals surface area contributed by atoms with Gasteiger partial charge in [0.15, 0.2) is 17.6 Å². The van der Waals surface area contributed by atoms with E-state index in [1.807, 2.05) is 19.1 Å². The number of benzene rings is 2. The molecule has 0 bridgehead atoms. The zero-order valence-electron chi connectivity index (χ0n) is 21.0. The van der Waals surface area contributed by atoms with Crippen LogP contribution < -0.4 is 15.0 Å². The van der Waals surface area contributed by atoms with E-state index in [0.717, 1.165) is 30.2 Å². The molecule has 8 nitrogen and oxygen atoms in total. The lowest BCUT2D eigenvalue weighted by molar-refractivity contribution is -0.147. The molecule has 2 aromatic carbocycles. The molecule has 0 spiro atoms. The molecule has 10 heteroatoms. The maximum atomic E-state index is 13.6. The Balaban J connectivity index is 1.77. The maximum absolute atomic E-state index is 13.6. The van der Waals surface area contributed by atoms with Gasteiger partial charge in [-0.15, -0.1) is 0 Å². The van der Waals surface area contributed by atoms with Gasteiger partial charge in [0, 0.05) is 20.4 Å². The van der Waals surface area contributed by atoms with Crippen LogP contribution in [0, 0.1) is 0 Å². The SMILES string of the molecule is CCOc1cc(C=Nn2c(C3CCCCC3)nc3ccc(Br)cc3c2=O)c(Br)cc1O[C@@H](C)C(=O)OC. The number of methoxy groups -OCH3 is 1. The second-order valence-corrected chi connectivity index (χ2v) is 10.6. The molecule has 1 aromatic heterocycles. The summed E-state index contributed by atoms with van der Waals surface area (Å²) in [4.78, 5) is 30.3. The largest absolute Gasteiger partial charge is 0.490 e. The molecule has 1 fully saturated rings. The number of rotatable bonds is 8. The number of hydrogen-bond acceptors (Lipinski definition) is 7. The molecule has 1 saturated carbocycles. The van der Waals surface area contributed by atoms with Gasteiger partial charge in [0.2, 0.25) is 0 Å². The molecule has 0 aliphatic heterocycles. The maximum Gasteiger partial charge on any atom is 0.346 e. The predicted molar refractivity (Wildman–Crippen MR) is 150 cm³/mol. The molecule has 196 valence electrons. The molecule has 0 amide bonds. The third-order valence-electron chi connectivity index (χ3n) is 6.32. The van der Waals surface area contributed by atoms with Gasteiger partial charge >= 0.3 is 5.97 Å². The van der Waals surface area contributed by atoms with E-state index in [0.29, 0.717) is 44.9 Å². The molecular weight excluding hydrogens is 606 g/mol. The van der Waals surface area contributed by atoms with Crippen molar-refractivity contribution in [2.75, 3.05) is 13.7 Å². The van der Waals surface area contributed by atoms with Crippen molar-refractivity contribution in [3.8, 4) is 11.5 Å². The van der Waals surface area contributed by atoms with E-state index < -0.39 is 12.1 Å². The van der Waals surface area contributed by atoms with Crippen molar-refractivity contribution in [3.05, 3.63) is 61.0 Å². The van der Waals surface area contributed by atoms with E-state index >= 15 is 0 Å². The number of carbonyl (C=O) groups is 1. The van der Waals surface area contributed by atoms with E-state index in [4.69, 9.17) is 19.2 Å². The fourth-order valence-electron chi connectivity index (χ4n) is 4.44. The molecule has 0 unspecified atom stereocenters. The number of carbonyl (C=O) groups excluding carboxylic acids is 1. The van der Waals surface area contributed by atoms with Crippen LogP contribution in [0.5, 0.6) is 11.5 Å². The van der Waals surface area contributed by atoms with Crippen molar-refractivity contribution in [2.24, 2.45) is 5.10 Å². The highest BCUT2D eigenvalue weighted by Gasteiger charge is 2.23. The van der Waals surface area contributed by atoms with Crippen molar-refractivity contribution in [1.29, 1.82) is 0 Å². The van der Waals surface area contributed by atoms with E-state index in [1.54, 1.807) is 31.3 Å². The lowest BCUT2D eigenvalue weighted by atomic mass is 9.88. The smallest absolute Gasteiger partial charge is 0.346 e. The Morgan fingerprint density at radius 3 is 2.65 bits per heavy atom. The molecule has 1 heterocycles. The topological polar surface area (TPSA) is 92.0 Å². The second kappa shape index (κ2) is 12.2. The van der Waals surface area contributed by atoms with Crippen LogP contribution >= 0.6 is 31.9 Å². The molecular formula is C27H29Br2N3O5. The van der Waals surface area contributed by atoms with Crippen LogP contribution in [-0.2, 0) is 9.53 Å². The molecule has 0 N–H and O–H groups in total. The van der Waals surface area contributed by atoms with Crippen molar-refractivity contribution >= 4 is 54.9 Å². The van der Waals surface area contributed by atoms with Gasteiger partial charge in [0.25, 0.3) is 5.56 Å². The fraction of sp³-hybridized carbons (Fsp3) is 0.407. The Morgan fingerprint density at radius 1 is 1.19 bits per heavy atom. The van der Waals surface area contributed by atoms with Crippen LogP contribution in [0.15, 0.2) is 49.2 Å². The summed E-state index contributed by atoms with van der Waals surface area (Å²) in [6.07, 6.45) is 6.17. The Morgan fingerprint density at radius 2 is 1.95 bits per heavy atom. The molecule has 1 atom stereocenters. The Kier molecular flexibility index (Phi) is 9.02. The van der Waals surface area contributed by atoms with Crippen molar-refractivity contribution in [3.63, 3.8) is 0 Å². The highest BCUT2D eigenvalue weighted by atomic mass is 79.9. The Labute approximate surface area is 232 Å². The van der Waals surface area contributed by atoms with Gasteiger partial charge in [-0.1, -0.05) is 35.2 Å². The quantitative estimate of drug-likeness (QED) is 0.217. The monoisotopic (exact) mass is 633 g/mol. The number of ether oxygens (including phenoxy) is 3. The zero-order valence-corrected chi connectivity index (χ0v) is 24.2. The predicted octanol–water partition coefficient (Wildman–Crippen LogP) is 6.19. The van der Waals surface area contributed by atoms with Crippen molar-refractivity contribution < 1.29 is 19.0 Å². The Bertz CT molecular complexity index is 1380. The highest BCUT2D eigenvalue weighted by Crippen LogP contribution is 2.35. The molecule has 37 heavy (non-hydrogen) atoms. The van der Waals surface area contributed by atoms with Gasteiger partial charge in [-0.3, -0.25) is 4.79 Å². The lowest BCUT2D eigenvalue weighted by Gasteiger charge is -2.22. The van der Waals surface area contributed by atoms with Gasteiger partial charge in [-0.05, 0) is 73.0 Å². The minimum Gasteiger partial charge on any atom is -0.490 e. The first-order chi connectivity index (χ1) is 17.8. The number of halogens is 2. The van der Waals surface area contributed by atoms with E-state index in [9.17, 15) is 9.59 Å². The highest BCUT2D eigenvalue weighted by molar-refractivity contribution is 9.10. The first-order valence-electron chi connectivity index (χ1n) is 12.3. The number of fused-ring (bicyclic) bond motifs is 1. The normalized spacial score (nSPS) is 15.2. The van der Waals surface area contributed by atoms with Gasteiger partial charge in [0.1, 0.15) is 5.82 Å². The van der Waals surface area contributed by atoms with Crippen LogP contribution in [0.25, 0.3) is 10.9 Å². The minimum absolute atomic E-state index is 0.171. The van der Waals surface area contributed by atoms with Crippen LogP contribution in [-0.4, -0.2) is 41.7 Å². The average Bonchev–Trinajstić information content (AvgIpc) is 2.90.